The number of carbonyl (C=O) groups excluding carboxylic acids is 1. The van der Waals surface area contributed by atoms with Crippen LogP contribution in [0.1, 0.15) is 29.8 Å². The summed E-state index contributed by atoms with van der Waals surface area (Å²) >= 11 is 0. The van der Waals surface area contributed by atoms with E-state index in [9.17, 15) is 4.79 Å². The fourth-order valence-corrected chi connectivity index (χ4v) is 2.54. The molecule has 0 N–H and O–H groups in total. The topological polar surface area (TPSA) is 38.8 Å². The van der Waals surface area contributed by atoms with Gasteiger partial charge in [0, 0.05) is 19.6 Å². The molecule has 0 saturated carbocycles. The maximum Gasteiger partial charge on any atom is 0.337 e. The van der Waals surface area contributed by atoms with Gasteiger partial charge in [0.1, 0.15) is 0 Å². The SMILES string of the molecule is COC(=O)c1ccc(CN2C[C@@H](C)O[C@@H](C)C2)cc1. The largest absolute Gasteiger partial charge is 0.465 e. The van der Waals surface area contributed by atoms with Crippen molar-refractivity contribution in [3.05, 3.63) is 35.4 Å². The third-order valence-electron chi connectivity index (χ3n) is 3.28. The van der Waals surface area contributed by atoms with E-state index in [1.54, 1.807) is 0 Å². The van der Waals surface area contributed by atoms with E-state index in [1.165, 1.54) is 12.7 Å². The molecule has 1 aromatic rings. The first kappa shape index (κ1) is 14.0. The van der Waals surface area contributed by atoms with Crippen molar-refractivity contribution in [1.29, 1.82) is 0 Å². The summed E-state index contributed by atoms with van der Waals surface area (Å²) in [6.45, 7) is 6.98. The van der Waals surface area contributed by atoms with Crippen molar-refractivity contribution in [1.82, 2.24) is 4.90 Å². The Kier molecular flexibility index (Phi) is 4.56. The molecule has 1 aliphatic rings. The van der Waals surface area contributed by atoms with Crippen LogP contribution >= 0.6 is 0 Å². The maximum atomic E-state index is 11.4. The van der Waals surface area contributed by atoms with E-state index in [-0.39, 0.29) is 18.2 Å². The molecule has 0 spiro atoms. The highest BCUT2D eigenvalue weighted by atomic mass is 16.5. The molecule has 0 bridgehead atoms. The number of morpholine rings is 1. The number of esters is 1. The standard InChI is InChI=1S/C15H21NO3/c1-11-8-16(9-12(2)19-11)10-13-4-6-14(7-5-13)15(17)18-3/h4-7,11-12H,8-10H2,1-3H3/t11-,12+. The molecule has 1 aliphatic heterocycles. The lowest BCUT2D eigenvalue weighted by atomic mass is 10.1. The second-order valence-corrected chi connectivity index (χ2v) is 5.14. The summed E-state index contributed by atoms with van der Waals surface area (Å²) in [5.74, 6) is -0.292. The van der Waals surface area contributed by atoms with Crippen molar-refractivity contribution in [2.24, 2.45) is 0 Å². The minimum atomic E-state index is -0.292. The van der Waals surface area contributed by atoms with E-state index in [1.807, 2.05) is 24.3 Å². The molecule has 104 valence electrons. The minimum Gasteiger partial charge on any atom is -0.465 e. The molecule has 1 saturated heterocycles. The summed E-state index contributed by atoms with van der Waals surface area (Å²) < 4.78 is 10.4. The molecule has 0 radical (unpaired) electrons. The summed E-state index contributed by atoms with van der Waals surface area (Å²) in [4.78, 5) is 13.7. The molecule has 2 atom stereocenters. The normalized spacial score (nSPS) is 24.2. The van der Waals surface area contributed by atoms with Crippen LogP contribution in [-0.4, -0.2) is 43.3 Å². The van der Waals surface area contributed by atoms with Crippen molar-refractivity contribution < 1.29 is 14.3 Å². The summed E-state index contributed by atoms with van der Waals surface area (Å²) in [5.41, 5.74) is 1.80. The summed E-state index contributed by atoms with van der Waals surface area (Å²) in [7, 11) is 1.40. The van der Waals surface area contributed by atoms with Gasteiger partial charge in [0.2, 0.25) is 0 Å². The van der Waals surface area contributed by atoms with Crippen LogP contribution in [0.2, 0.25) is 0 Å². The Morgan fingerprint density at radius 2 is 1.84 bits per heavy atom. The average molecular weight is 263 g/mol. The predicted octanol–water partition coefficient (Wildman–Crippen LogP) is 2.08. The van der Waals surface area contributed by atoms with Crippen LogP contribution in [0.4, 0.5) is 0 Å². The fourth-order valence-electron chi connectivity index (χ4n) is 2.54. The third-order valence-corrected chi connectivity index (χ3v) is 3.28. The lowest BCUT2D eigenvalue weighted by molar-refractivity contribution is -0.0704. The molecule has 19 heavy (non-hydrogen) atoms. The summed E-state index contributed by atoms with van der Waals surface area (Å²) in [5, 5.41) is 0. The molecule has 0 unspecified atom stereocenters. The molecule has 0 aliphatic carbocycles. The zero-order valence-electron chi connectivity index (χ0n) is 11.8. The van der Waals surface area contributed by atoms with E-state index in [4.69, 9.17) is 4.74 Å². The predicted molar refractivity (Wildman–Crippen MR) is 73.1 cm³/mol. The van der Waals surface area contributed by atoms with Gasteiger partial charge in [0.15, 0.2) is 0 Å². The molecule has 1 heterocycles. The van der Waals surface area contributed by atoms with Crippen LogP contribution in [0.15, 0.2) is 24.3 Å². The number of nitrogens with zero attached hydrogens (tertiary/aromatic N) is 1. The molecule has 1 fully saturated rings. The van der Waals surface area contributed by atoms with Gasteiger partial charge < -0.3 is 9.47 Å². The van der Waals surface area contributed by atoms with Gasteiger partial charge in [-0.3, -0.25) is 4.90 Å². The number of hydrogen-bond acceptors (Lipinski definition) is 4. The zero-order valence-corrected chi connectivity index (χ0v) is 11.8. The van der Waals surface area contributed by atoms with Gasteiger partial charge >= 0.3 is 5.97 Å². The Bertz CT molecular complexity index is 420. The molecule has 1 aromatic carbocycles. The lowest BCUT2D eigenvalue weighted by Crippen LogP contribution is -2.44. The molecule has 0 aromatic heterocycles. The highest BCUT2D eigenvalue weighted by molar-refractivity contribution is 5.89. The second kappa shape index (κ2) is 6.17. The van der Waals surface area contributed by atoms with E-state index in [0.717, 1.165) is 19.6 Å². The van der Waals surface area contributed by atoms with Gasteiger partial charge in [0.25, 0.3) is 0 Å². The quantitative estimate of drug-likeness (QED) is 0.783. The van der Waals surface area contributed by atoms with Gasteiger partial charge in [-0.25, -0.2) is 4.79 Å². The Balaban J connectivity index is 1.97. The third kappa shape index (κ3) is 3.78. The zero-order chi connectivity index (χ0) is 13.8. The smallest absolute Gasteiger partial charge is 0.337 e. The van der Waals surface area contributed by atoms with Gasteiger partial charge in [-0.2, -0.15) is 0 Å². The summed E-state index contributed by atoms with van der Waals surface area (Å²) in [6.07, 6.45) is 0.552. The monoisotopic (exact) mass is 263 g/mol. The lowest BCUT2D eigenvalue weighted by Gasteiger charge is -2.35. The van der Waals surface area contributed by atoms with Crippen molar-refractivity contribution >= 4 is 5.97 Å². The Hall–Kier alpha value is -1.39. The van der Waals surface area contributed by atoms with Crippen molar-refractivity contribution in [2.75, 3.05) is 20.2 Å². The number of ether oxygens (including phenoxy) is 2. The molecular weight excluding hydrogens is 242 g/mol. The van der Waals surface area contributed by atoms with Crippen LogP contribution in [0, 0.1) is 0 Å². The first-order valence-corrected chi connectivity index (χ1v) is 6.63. The van der Waals surface area contributed by atoms with E-state index in [2.05, 4.69) is 23.5 Å². The molecule has 0 amide bonds. The van der Waals surface area contributed by atoms with Crippen molar-refractivity contribution in [2.45, 2.75) is 32.6 Å². The van der Waals surface area contributed by atoms with Gasteiger partial charge in [-0.1, -0.05) is 12.1 Å². The Morgan fingerprint density at radius 3 is 2.37 bits per heavy atom. The Labute approximate surface area is 114 Å². The minimum absolute atomic E-state index is 0.276. The second-order valence-electron chi connectivity index (χ2n) is 5.14. The van der Waals surface area contributed by atoms with Crippen LogP contribution in [0.25, 0.3) is 0 Å². The van der Waals surface area contributed by atoms with Crippen molar-refractivity contribution in [3.63, 3.8) is 0 Å². The van der Waals surface area contributed by atoms with Crippen LogP contribution in [0.5, 0.6) is 0 Å². The highest BCUT2D eigenvalue weighted by Gasteiger charge is 2.21. The van der Waals surface area contributed by atoms with E-state index >= 15 is 0 Å². The van der Waals surface area contributed by atoms with Gasteiger partial charge in [-0.15, -0.1) is 0 Å². The number of carbonyl (C=O) groups is 1. The average Bonchev–Trinajstić information content (AvgIpc) is 2.37. The highest BCUT2D eigenvalue weighted by Crippen LogP contribution is 2.15. The van der Waals surface area contributed by atoms with Crippen LogP contribution < -0.4 is 0 Å². The van der Waals surface area contributed by atoms with Gasteiger partial charge in [0.05, 0.1) is 24.9 Å². The van der Waals surface area contributed by atoms with Crippen LogP contribution in [-0.2, 0) is 16.0 Å². The molecule has 2 rings (SSSR count). The molecule has 4 nitrogen and oxygen atoms in total. The number of rotatable bonds is 3. The van der Waals surface area contributed by atoms with E-state index in [0.29, 0.717) is 5.56 Å². The fraction of sp³-hybridized carbons (Fsp3) is 0.533. The number of hydrogen-bond donors (Lipinski definition) is 0. The Morgan fingerprint density at radius 1 is 1.26 bits per heavy atom. The number of methoxy groups -OCH3 is 1. The first-order chi connectivity index (χ1) is 9.08. The first-order valence-electron chi connectivity index (χ1n) is 6.63. The van der Waals surface area contributed by atoms with Gasteiger partial charge in [-0.05, 0) is 31.5 Å². The number of benzene rings is 1. The van der Waals surface area contributed by atoms with Crippen molar-refractivity contribution in [3.8, 4) is 0 Å². The molecule has 4 heteroatoms. The molecular formula is C15H21NO3. The summed E-state index contributed by atoms with van der Waals surface area (Å²) in [6, 6.07) is 7.59. The maximum absolute atomic E-state index is 11.4. The van der Waals surface area contributed by atoms with Crippen LogP contribution in [0.3, 0.4) is 0 Å². The van der Waals surface area contributed by atoms with E-state index < -0.39 is 0 Å².